The second-order valence-corrected chi connectivity index (χ2v) is 8.32. The summed E-state index contributed by atoms with van der Waals surface area (Å²) in [5.74, 6) is -0.198. The number of benzene rings is 1. The summed E-state index contributed by atoms with van der Waals surface area (Å²) >= 11 is 6.43. The Balaban J connectivity index is 2.52. The number of ketones is 1. The number of rotatable bonds is 3. The van der Waals surface area contributed by atoms with E-state index in [1.807, 2.05) is 0 Å². The van der Waals surface area contributed by atoms with Crippen molar-refractivity contribution < 1.29 is 18.1 Å². The molecule has 0 heterocycles. The van der Waals surface area contributed by atoms with Crippen LogP contribution in [-0.4, -0.2) is 34.5 Å². The van der Waals surface area contributed by atoms with Crippen molar-refractivity contribution in [3.8, 4) is 0 Å². The lowest BCUT2D eigenvalue weighted by Crippen LogP contribution is -2.35. The molecular formula is C13H10Br2N2O5S. The van der Waals surface area contributed by atoms with E-state index in [2.05, 4.69) is 36.3 Å². The second-order valence-electron chi connectivity index (χ2n) is 4.74. The zero-order valence-electron chi connectivity index (χ0n) is 11.6. The van der Waals surface area contributed by atoms with E-state index in [1.54, 1.807) is 6.92 Å². The van der Waals surface area contributed by atoms with E-state index in [-0.39, 0.29) is 22.1 Å². The largest absolute Gasteiger partial charge is 0.294 e. The molecule has 0 amide bonds. The van der Waals surface area contributed by atoms with Crippen LogP contribution in [0.5, 0.6) is 0 Å². The average Bonchev–Trinajstić information content (AvgIpc) is 2.49. The Bertz CT molecular complexity index is 848. The van der Waals surface area contributed by atoms with Gasteiger partial charge >= 0.3 is 0 Å². The summed E-state index contributed by atoms with van der Waals surface area (Å²) in [6.07, 6.45) is 1.30. The fourth-order valence-corrected chi connectivity index (χ4v) is 4.31. The van der Waals surface area contributed by atoms with E-state index in [0.29, 0.717) is 5.57 Å². The van der Waals surface area contributed by atoms with Gasteiger partial charge in [0.1, 0.15) is 0 Å². The van der Waals surface area contributed by atoms with Crippen LogP contribution in [0.3, 0.4) is 0 Å². The van der Waals surface area contributed by atoms with Gasteiger partial charge in [-0.25, -0.2) is 0 Å². The highest BCUT2D eigenvalue weighted by Crippen LogP contribution is 2.28. The SMILES string of the molecule is CC1=CC(=O)C(Br)C(Br)/C1=N\S(=O)(=O)c1cccc([N+](=O)[O-])c1. The van der Waals surface area contributed by atoms with E-state index >= 15 is 0 Å². The monoisotopic (exact) mass is 464 g/mol. The minimum absolute atomic E-state index is 0.179. The Labute approximate surface area is 148 Å². The number of sulfonamides is 1. The average molecular weight is 466 g/mol. The van der Waals surface area contributed by atoms with Gasteiger partial charge in [-0.3, -0.25) is 14.9 Å². The van der Waals surface area contributed by atoms with Crippen LogP contribution in [-0.2, 0) is 14.8 Å². The number of hydrogen-bond donors (Lipinski definition) is 0. The summed E-state index contributed by atoms with van der Waals surface area (Å²) in [5, 5.41) is 10.8. The Hall–Kier alpha value is -1.39. The molecule has 1 aliphatic rings. The van der Waals surface area contributed by atoms with Crippen molar-refractivity contribution in [1.82, 2.24) is 0 Å². The number of halogens is 2. The van der Waals surface area contributed by atoms with Gasteiger partial charge in [-0.2, -0.15) is 12.8 Å². The summed E-state index contributed by atoms with van der Waals surface area (Å²) in [7, 11) is -4.14. The molecule has 2 rings (SSSR count). The number of nitro groups is 1. The first-order valence-electron chi connectivity index (χ1n) is 6.23. The van der Waals surface area contributed by atoms with E-state index < -0.39 is 24.6 Å². The van der Waals surface area contributed by atoms with Gasteiger partial charge < -0.3 is 0 Å². The molecule has 0 spiro atoms. The zero-order chi connectivity index (χ0) is 17.4. The fourth-order valence-electron chi connectivity index (χ4n) is 1.93. The number of nitro benzene ring substituents is 1. The van der Waals surface area contributed by atoms with Gasteiger partial charge in [-0.05, 0) is 24.6 Å². The standard InChI is InChI=1S/C13H10Br2N2O5S/c1-7-5-10(18)11(14)12(15)13(7)16-23(21,22)9-4-2-3-8(6-9)17(19)20/h2-6,11-12H,1H3/b16-13-. The molecule has 1 aromatic rings. The number of carbonyl (C=O) groups excluding carboxylic acids is 1. The minimum atomic E-state index is -4.14. The molecular weight excluding hydrogens is 456 g/mol. The summed E-state index contributed by atoms with van der Waals surface area (Å²) in [5.41, 5.74) is 0.255. The maximum atomic E-state index is 12.4. The molecule has 23 heavy (non-hydrogen) atoms. The van der Waals surface area contributed by atoms with Crippen LogP contribution in [0.15, 0.2) is 45.2 Å². The van der Waals surface area contributed by atoms with Crippen LogP contribution in [0.1, 0.15) is 6.92 Å². The maximum absolute atomic E-state index is 12.4. The van der Waals surface area contributed by atoms with Crippen LogP contribution < -0.4 is 0 Å². The zero-order valence-corrected chi connectivity index (χ0v) is 15.6. The molecule has 2 unspecified atom stereocenters. The molecule has 1 aliphatic carbocycles. The number of alkyl halides is 2. The third kappa shape index (κ3) is 3.75. The van der Waals surface area contributed by atoms with Gasteiger partial charge in [0, 0.05) is 12.1 Å². The number of non-ortho nitro benzene ring substituents is 1. The highest BCUT2D eigenvalue weighted by Gasteiger charge is 2.33. The molecule has 122 valence electrons. The molecule has 2 atom stereocenters. The van der Waals surface area contributed by atoms with Gasteiger partial charge in [0.2, 0.25) is 0 Å². The Morgan fingerprint density at radius 1 is 1.26 bits per heavy atom. The van der Waals surface area contributed by atoms with Crippen molar-refractivity contribution in [3.63, 3.8) is 0 Å². The van der Waals surface area contributed by atoms with E-state index in [4.69, 9.17) is 0 Å². The predicted octanol–water partition coefficient (Wildman–Crippen LogP) is 2.78. The van der Waals surface area contributed by atoms with Crippen LogP contribution in [0.2, 0.25) is 0 Å². The first-order valence-corrected chi connectivity index (χ1v) is 9.50. The van der Waals surface area contributed by atoms with Crippen molar-refractivity contribution >= 4 is 59.1 Å². The normalized spacial score (nSPS) is 23.7. The summed E-state index contributed by atoms with van der Waals surface area (Å²) in [6.45, 7) is 1.58. The maximum Gasteiger partial charge on any atom is 0.282 e. The highest BCUT2D eigenvalue weighted by atomic mass is 79.9. The third-order valence-corrected chi connectivity index (χ3v) is 7.04. The van der Waals surface area contributed by atoms with E-state index in [9.17, 15) is 23.3 Å². The Morgan fingerprint density at radius 3 is 2.52 bits per heavy atom. The van der Waals surface area contributed by atoms with E-state index in [1.165, 1.54) is 24.3 Å². The molecule has 0 radical (unpaired) electrons. The van der Waals surface area contributed by atoms with Crippen LogP contribution in [0, 0.1) is 10.1 Å². The van der Waals surface area contributed by atoms with Gasteiger partial charge in [-0.15, -0.1) is 0 Å². The van der Waals surface area contributed by atoms with Crippen molar-refractivity contribution in [3.05, 3.63) is 46.0 Å². The predicted molar refractivity (Wildman–Crippen MR) is 91.9 cm³/mol. The van der Waals surface area contributed by atoms with E-state index in [0.717, 1.165) is 6.07 Å². The highest BCUT2D eigenvalue weighted by molar-refractivity contribution is 9.12. The Morgan fingerprint density at radius 2 is 1.91 bits per heavy atom. The lowest BCUT2D eigenvalue weighted by molar-refractivity contribution is -0.385. The number of carbonyl (C=O) groups is 1. The molecule has 7 nitrogen and oxygen atoms in total. The molecule has 1 aromatic carbocycles. The first kappa shape index (κ1) is 18.0. The number of allylic oxidation sites excluding steroid dienone is 2. The van der Waals surface area contributed by atoms with Gasteiger partial charge in [-0.1, -0.05) is 37.9 Å². The first-order chi connectivity index (χ1) is 10.6. The minimum Gasteiger partial charge on any atom is -0.294 e. The molecule has 0 saturated heterocycles. The smallest absolute Gasteiger partial charge is 0.282 e. The second kappa shape index (κ2) is 6.62. The van der Waals surface area contributed by atoms with Crippen LogP contribution >= 0.6 is 31.9 Å². The summed E-state index contributed by atoms with van der Waals surface area (Å²) < 4.78 is 28.5. The lowest BCUT2D eigenvalue weighted by atomic mass is 9.98. The van der Waals surface area contributed by atoms with Crippen LogP contribution in [0.4, 0.5) is 5.69 Å². The fraction of sp³-hybridized carbons (Fsp3) is 0.231. The number of nitrogens with zero attached hydrogens (tertiary/aromatic N) is 2. The van der Waals surface area contributed by atoms with Crippen LogP contribution in [0.25, 0.3) is 0 Å². The summed E-state index contributed by atoms with van der Waals surface area (Å²) in [4.78, 5) is 20.2. The molecule has 0 bridgehead atoms. The number of hydrogen-bond acceptors (Lipinski definition) is 5. The van der Waals surface area contributed by atoms with Gasteiger partial charge in [0.05, 0.1) is 25.2 Å². The van der Waals surface area contributed by atoms with Gasteiger partial charge in [0.15, 0.2) is 5.78 Å². The molecule has 0 N–H and O–H groups in total. The lowest BCUT2D eigenvalue weighted by Gasteiger charge is -2.22. The molecule has 0 saturated carbocycles. The van der Waals surface area contributed by atoms with Crippen molar-refractivity contribution in [1.29, 1.82) is 0 Å². The molecule has 0 fully saturated rings. The van der Waals surface area contributed by atoms with Gasteiger partial charge in [0.25, 0.3) is 15.7 Å². The quantitative estimate of drug-likeness (QED) is 0.387. The molecule has 0 aromatic heterocycles. The van der Waals surface area contributed by atoms with Crippen molar-refractivity contribution in [2.45, 2.75) is 21.5 Å². The van der Waals surface area contributed by atoms with Crippen molar-refractivity contribution in [2.75, 3.05) is 0 Å². The van der Waals surface area contributed by atoms with Crippen molar-refractivity contribution in [2.24, 2.45) is 4.40 Å². The topological polar surface area (TPSA) is 107 Å². The summed E-state index contributed by atoms with van der Waals surface area (Å²) in [6, 6.07) is 4.64. The molecule has 10 heteroatoms. The molecule has 0 aliphatic heterocycles. The Kier molecular flexibility index (Phi) is 5.17. The third-order valence-electron chi connectivity index (χ3n) is 3.10.